The third-order valence-corrected chi connectivity index (χ3v) is 4.68. The molecular weight excluding hydrogens is 320 g/mol. The van der Waals surface area contributed by atoms with Crippen molar-refractivity contribution in [1.29, 1.82) is 0 Å². The second-order valence-corrected chi connectivity index (χ2v) is 6.51. The van der Waals surface area contributed by atoms with E-state index in [1.807, 2.05) is 19.1 Å². The lowest BCUT2D eigenvalue weighted by Crippen LogP contribution is -2.42. The van der Waals surface area contributed by atoms with E-state index in [4.69, 9.17) is 0 Å². The van der Waals surface area contributed by atoms with E-state index in [1.165, 1.54) is 6.92 Å². The first-order valence-corrected chi connectivity index (χ1v) is 8.43. The molecule has 1 aromatic carbocycles. The number of piperidine rings is 1. The number of amides is 1. The van der Waals surface area contributed by atoms with Gasteiger partial charge in [0, 0.05) is 24.2 Å². The molecule has 1 saturated heterocycles. The standard InChI is InChI=1S/C18H22N4O3/c1-11(23)16(24)13-7-9-22(10-8-13)18(25)15-5-3-14(4-6-15)17-19-12(2)20-21-17/h3-6,13,16,24H,7-10H2,1-2H3,(H,19,20,21). The SMILES string of the molecule is CC(=O)C(O)C1CCN(C(=O)c2ccc(-c3n[nH]c(C)n3)cc2)CC1. The Hall–Kier alpha value is -2.54. The zero-order valence-corrected chi connectivity index (χ0v) is 14.4. The van der Waals surface area contributed by atoms with Gasteiger partial charge in [-0.2, -0.15) is 5.10 Å². The minimum absolute atomic E-state index is 0.0338. The Labute approximate surface area is 146 Å². The number of hydrogen-bond donors (Lipinski definition) is 2. The van der Waals surface area contributed by atoms with Crippen LogP contribution in [0.4, 0.5) is 0 Å². The van der Waals surface area contributed by atoms with Gasteiger partial charge in [-0.15, -0.1) is 0 Å². The van der Waals surface area contributed by atoms with E-state index >= 15 is 0 Å². The van der Waals surface area contributed by atoms with Crippen LogP contribution in [0.15, 0.2) is 24.3 Å². The number of aliphatic hydroxyl groups is 1. The molecule has 1 aliphatic heterocycles. The van der Waals surface area contributed by atoms with Crippen molar-refractivity contribution < 1.29 is 14.7 Å². The topological polar surface area (TPSA) is 99.2 Å². The number of nitrogens with one attached hydrogen (secondary N) is 1. The van der Waals surface area contributed by atoms with E-state index < -0.39 is 6.10 Å². The van der Waals surface area contributed by atoms with Crippen LogP contribution in [-0.2, 0) is 4.79 Å². The molecule has 1 aromatic heterocycles. The molecule has 1 unspecified atom stereocenters. The van der Waals surface area contributed by atoms with Crippen LogP contribution in [0.1, 0.15) is 35.9 Å². The molecule has 2 heterocycles. The predicted molar refractivity (Wildman–Crippen MR) is 91.9 cm³/mol. The van der Waals surface area contributed by atoms with Crippen molar-refractivity contribution in [3.63, 3.8) is 0 Å². The molecule has 0 aliphatic carbocycles. The van der Waals surface area contributed by atoms with Gasteiger partial charge in [-0.3, -0.25) is 14.7 Å². The van der Waals surface area contributed by atoms with Gasteiger partial charge in [-0.1, -0.05) is 12.1 Å². The van der Waals surface area contributed by atoms with Gasteiger partial charge in [0.25, 0.3) is 5.91 Å². The first-order valence-electron chi connectivity index (χ1n) is 8.43. The maximum atomic E-state index is 12.6. The minimum atomic E-state index is -0.915. The summed E-state index contributed by atoms with van der Waals surface area (Å²) in [6.07, 6.45) is 0.364. The molecule has 0 bridgehead atoms. The lowest BCUT2D eigenvalue weighted by atomic mass is 9.89. The summed E-state index contributed by atoms with van der Waals surface area (Å²) < 4.78 is 0. The van der Waals surface area contributed by atoms with Gasteiger partial charge in [-0.25, -0.2) is 4.98 Å². The Balaban J connectivity index is 1.63. The number of nitrogens with zero attached hydrogens (tertiary/aromatic N) is 3. The van der Waals surface area contributed by atoms with Gasteiger partial charge >= 0.3 is 0 Å². The molecular formula is C18H22N4O3. The average molecular weight is 342 g/mol. The highest BCUT2D eigenvalue weighted by Gasteiger charge is 2.29. The Morgan fingerprint density at radius 1 is 1.24 bits per heavy atom. The summed E-state index contributed by atoms with van der Waals surface area (Å²) in [7, 11) is 0. The molecule has 0 saturated carbocycles. The molecule has 25 heavy (non-hydrogen) atoms. The predicted octanol–water partition coefficient (Wildman–Crippen LogP) is 1.58. The molecule has 7 heteroatoms. The number of likely N-dealkylation sites (tertiary alicyclic amines) is 1. The minimum Gasteiger partial charge on any atom is -0.385 e. The fraction of sp³-hybridized carbons (Fsp3) is 0.444. The maximum Gasteiger partial charge on any atom is 0.253 e. The van der Waals surface area contributed by atoms with Crippen LogP contribution in [0.25, 0.3) is 11.4 Å². The Morgan fingerprint density at radius 2 is 1.88 bits per heavy atom. The zero-order valence-electron chi connectivity index (χ0n) is 14.4. The summed E-state index contributed by atoms with van der Waals surface area (Å²) in [5, 5.41) is 16.8. The van der Waals surface area contributed by atoms with Gasteiger partial charge in [-0.05, 0) is 44.7 Å². The second-order valence-electron chi connectivity index (χ2n) is 6.51. The molecule has 2 aromatic rings. The van der Waals surface area contributed by atoms with Crippen molar-refractivity contribution in [3.05, 3.63) is 35.7 Å². The number of aryl methyl sites for hydroxylation is 1. The first-order chi connectivity index (χ1) is 12.0. The Bertz CT molecular complexity index is 761. The summed E-state index contributed by atoms with van der Waals surface area (Å²) in [5.74, 6) is 1.05. The summed E-state index contributed by atoms with van der Waals surface area (Å²) in [6.45, 7) is 4.34. The van der Waals surface area contributed by atoms with Crippen molar-refractivity contribution in [1.82, 2.24) is 20.1 Å². The van der Waals surface area contributed by atoms with Gasteiger partial charge in [0.05, 0.1) is 0 Å². The van der Waals surface area contributed by atoms with Crippen molar-refractivity contribution >= 4 is 11.7 Å². The van der Waals surface area contributed by atoms with Crippen molar-refractivity contribution in [2.45, 2.75) is 32.8 Å². The number of aromatic amines is 1. The van der Waals surface area contributed by atoms with E-state index in [0.717, 1.165) is 11.4 Å². The number of carbonyl (C=O) groups excluding carboxylic acids is 2. The maximum absolute atomic E-state index is 12.6. The van der Waals surface area contributed by atoms with E-state index in [-0.39, 0.29) is 17.6 Å². The summed E-state index contributed by atoms with van der Waals surface area (Å²) in [6, 6.07) is 7.23. The molecule has 1 aliphatic rings. The molecule has 7 nitrogen and oxygen atoms in total. The molecule has 3 rings (SSSR count). The van der Waals surface area contributed by atoms with Crippen LogP contribution in [0, 0.1) is 12.8 Å². The van der Waals surface area contributed by atoms with Crippen LogP contribution in [0.3, 0.4) is 0 Å². The highest BCUT2D eigenvalue weighted by atomic mass is 16.3. The van der Waals surface area contributed by atoms with Crippen molar-refractivity contribution in [3.8, 4) is 11.4 Å². The van der Waals surface area contributed by atoms with Crippen LogP contribution < -0.4 is 0 Å². The zero-order chi connectivity index (χ0) is 18.0. The summed E-state index contributed by atoms with van der Waals surface area (Å²) in [5.41, 5.74) is 1.46. The smallest absolute Gasteiger partial charge is 0.253 e. The number of aliphatic hydroxyl groups excluding tert-OH is 1. The highest BCUT2D eigenvalue weighted by molar-refractivity contribution is 5.94. The molecule has 0 radical (unpaired) electrons. The number of benzene rings is 1. The number of H-pyrrole nitrogens is 1. The Kier molecular flexibility index (Phi) is 4.94. The fourth-order valence-corrected chi connectivity index (χ4v) is 3.17. The van der Waals surface area contributed by atoms with Gasteiger partial charge in [0.2, 0.25) is 0 Å². The summed E-state index contributed by atoms with van der Waals surface area (Å²) >= 11 is 0. The van der Waals surface area contributed by atoms with Crippen LogP contribution >= 0.6 is 0 Å². The lowest BCUT2D eigenvalue weighted by molar-refractivity contribution is -0.128. The van der Waals surface area contributed by atoms with E-state index in [2.05, 4.69) is 15.2 Å². The molecule has 0 spiro atoms. The monoisotopic (exact) mass is 342 g/mol. The number of carbonyl (C=O) groups is 2. The lowest BCUT2D eigenvalue weighted by Gasteiger charge is -2.33. The third-order valence-electron chi connectivity index (χ3n) is 4.68. The van der Waals surface area contributed by atoms with E-state index in [9.17, 15) is 14.7 Å². The quantitative estimate of drug-likeness (QED) is 0.879. The average Bonchev–Trinajstić information content (AvgIpc) is 3.07. The number of Topliss-reactive ketones (excluding diaryl/α,β-unsaturated/α-hetero) is 1. The molecule has 1 amide bonds. The van der Waals surface area contributed by atoms with E-state index in [1.54, 1.807) is 17.0 Å². The molecule has 132 valence electrons. The van der Waals surface area contributed by atoms with Crippen LogP contribution in [0.2, 0.25) is 0 Å². The van der Waals surface area contributed by atoms with Crippen molar-refractivity contribution in [2.24, 2.45) is 5.92 Å². The number of hydrogen-bond acceptors (Lipinski definition) is 5. The second kappa shape index (κ2) is 7.14. The van der Waals surface area contributed by atoms with Gasteiger partial charge in [0.1, 0.15) is 11.9 Å². The number of rotatable bonds is 4. The first kappa shape index (κ1) is 17.3. The third kappa shape index (κ3) is 3.76. The summed E-state index contributed by atoms with van der Waals surface area (Å²) in [4.78, 5) is 30.0. The van der Waals surface area contributed by atoms with Crippen LogP contribution in [0.5, 0.6) is 0 Å². The fourth-order valence-electron chi connectivity index (χ4n) is 3.17. The molecule has 1 atom stereocenters. The van der Waals surface area contributed by atoms with Gasteiger partial charge < -0.3 is 10.0 Å². The normalized spacial score (nSPS) is 16.7. The largest absolute Gasteiger partial charge is 0.385 e. The highest BCUT2D eigenvalue weighted by Crippen LogP contribution is 2.23. The van der Waals surface area contributed by atoms with Crippen molar-refractivity contribution in [2.75, 3.05) is 13.1 Å². The Morgan fingerprint density at radius 3 is 2.40 bits per heavy atom. The number of aromatic nitrogens is 3. The van der Waals surface area contributed by atoms with Crippen LogP contribution in [-0.4, -0.2) is 56.1 Å². The number of ketones is 1. The van der Waals surface area contributed by atoms with E-state index in [0.29, 0.717) is 37.3 Å². The molecule has 1 fully saturated rings. The van der Waals surface area contributed by atoms with Gasteiger partial charge in [0.15, 0.2) is 11.6 Å². The molecule has 2 N–H and O–H groups in total.